The summed E-state index contributed by atoms with van der Waals surface area (Å²) < 4.78 is 11.0. The van der Waals surface area contributed by atoms with Crippen molar-refractivity contribution in [2.24, 2.45) is 0 Å². The van der Waals surface area contributed by atoms with Gasteiger partial charge < -0.3 is 437 Å². The fourth-order valence-corrected chi connectivity index (χ4v) is 6.62. The third-order valence-electron chi connectivity index (χ3n) is 9.68. The first-order chi connectivity index (χ1) is 29.7. The Morgan fingerprint density at radius 3 is 1.13 bits per heavy atom. The quantitative estimate of drug-likeness (QED) is 0.0958. The van der Waals surface area contributed by atoms with Crippen LogP contribution in [0.2, 0.25) is 5.02 Å². The van der Waals surface area contributed by atoms with Crippen molar-refractivity contribution in [1.29, 1.82) is 0 Å². The Bertz CT molecular complexity index is 2180. The van der Waals surface area contributed by atoms with Crippen LogP contribution in [0.25, 0.3) is 0 Å². The highest BCUT2D eigenvalue weighted by Crippen LogP contribution is 2.36. The summed E-state index contributed by atoms with van der Waals surface area (Å²) in [7, 11) is 4.21. The number of rotatable bonds is 9. The van der Waals surface area contributed by atoms with Gasteiger partial charge in [-0.05, 0) is 91.0 Å². The summed E-state index contributed by atoms with van der Waals surface area (Å²) in [5.74, 6) is 0. The number of carbonyl (C=O) groups excluding carboxylic acids is 2. The molecule has 2 aliphatic heterocycles. The predicted octanol–water partition coefficient (Wildman–Crippen LogP) is -40.7. The van der Waals surface area contributed by atoms with Crippen molar-refractivity contribution in [1.82, 2.24) is 15.1 Å². The van der Waals surface area contributed by atoms with Gasteiger partial charge in [-0.15, -0.1) is 0 Å². The zero-order valence-corrected chi connectivity index (χ0v) is 81.4. The highest BCUT2D eigenvalue weighted by molar-refractivity contribution is 6.31. The number of piperazine rings is 2. The lowest BCUT2D eigenvalue weighted by atomic mass is 10.1. The molecule has 16 nitrogen and oxygen atoms in total. The molecular formula is C48H69ClI17N8O8-17. The van der Waals surface area contributed by atoms with Crippen LogP contribution in [-0.4, -0.2) is 109 Å². The van der Waals surface area contributed by atoms with Crippen LogP contribution in [0, 0.1) is 20.2 Å². The van der Waals surface area contributed by atoms with Crippen molar-refractivity contribution in [3.05, 3.63) is 133 Å². The van der Waals surface area contributed by atoms with E-state index in [0.717, 1.165) is 56.1 Å². The van der Waals surface area contributed by atoms with Crippen LogP contribution < -0.4 is 428 Å². The van der Waals surface area contributed by atoms with Crippen LogP contribution in [0.4, 0.5) is 38.0 Å². The Morgan fingerprint density at radius 1 is 0.512 bits per heavy atom. The zero-order valence-electron chi connectivity index (χ0n) is 44.0. The molecule has 1 N–H and O–H groups in total. The average molecular weight is 3080 g/mol. The first kappa shape index (κ1) is 129. The predicted molar refractivity (Wildman–Crippen MR) is 262 cm³/mol. The van der Waals surface area contributed by atoms with E-state index in [2.05, 4.69) is 34.1 Å². The molecule has 0 aromatic heterocycles. The second-order valence-electron chi connectivity index (χ2n) is 17.3. The third kappa shape index (κ3) is 50.0. The highest BCUT2D eigenvalue weighted by atomic mass is 127. The maximum atomic E-state index is 13.0. The van der Waals surface area contributed by atoms with Gasteiger partial charge in [-0.3, -0.25) is 30.0 Å². The Balaban J connectivity index is -0.0000000564. The maximum Gasteiger partial charge on any atom is 0.415 e. The molecule has 0 aliphatic carbocycles. The number of ether oxygens (including phenoxy) is 2. The van der Waals surface area contributed by atoms with Gasteiger partial charge in [0.2, 0.25) is 0 Å². The number of hydrogen-bond donors (Lipinski definition) is 1. The first-order valence-electron chi connectivity index (χ1n) is 20.8. The molecule has 4 aromatic rings. The van der Waals surface area contributed by atoms with Gasteiger partial charge in [0.25, 0.3) is 11.4 Å². The van der Waals surface area contributed by atoms with E-state index < -0.39 is 33.2 Å². The minimum atomic E-state index is -0.729. The molecule has 0 spiro atoms. The van der Waals surface area contributed by atoms with Crippen LogP contribution in [0.1, 0.15) is 67.5 Å². The smallest absolute Gasteiger partial charge is 0.415 e. The first-order valence-corrected chi connectivity index (χ1v) is 21.2. The third-order valence-corrected chi connectivity index (χ3v) is 9.91. The van der Waals surface area contributed by atoms with Crippen LogP contribution in [-0.2, 0) is 22.6 Å². The van der Waals surface area contributed by atoms with Gasteiger partial charge in [0, 0.05) is 75.2 Å². The van der Waals surface area contributed by atoms with Crippen molar-refractivity contribution in [3.63, 3.8) is 0 Å². The van der Waals surface area contributed by atoms with Crippen LogP contribution in [0.15, 0.2) is 97.1 Å². The number of nitrogens with one attached hydrogen (secondary N) is 1. The van der Waals surface area contributed by atoms with E-state index in [9.17, 15) is 29.8 Å². The van der Waals surface area contributed by atoms with Gasteiger partial charge in [0.05, 0.1) is 22.9 Å². The fraction of sp³-hybridized carbons (Fsp3) is 0.458. The minimum Gasteiger partial charge on any atom is -1.00 e. The van der Waals surface area contributed by atoms with E-state index in [-0.39, 0.29) is 463 Å². The molecule has 0 saturated carbocycles. The van der Waals surface area contributed by atoms with Gasteiger partial charge in [-0.1, -0.05) is 87.1 Å². The lowest BCUT2D eigenvalue weighted by Crippen LogP contribution is -3.00. The molecule has 82 heavy (non-hydrogen) atoms. The minimum absolute atomic E-state index is 0. The zero-order chi connectivity index (χ0) is 46.3. The van der Waals surface area contributed by atoms with Crippen LogP contribution >= 0.6 is 11.6 Å². The van der Waals surface area contributed by atoms with E-state index in [1.54, 1.807) is 53.7 Å². The Morgan fingerprint density at radius 2 is 0.829 bits per heavy atom. The molecule has 0 bridgehead atoms. The summed E-state index contributed by atoms with van der Waals surface area (Å²) in [4.78, 5) is 57.4. The molecular weight excluding hydrogens is 3010 g/mol. The molecule has 4 aromatic carbocycles. The standard InChI is InChI=1S/C23H30N4O4.C18H19ClN2O4.C5H12N2.2CH4.17HI/c1-23(2,3)31-22(28)26(17-18-8-6-5-7-9-18)20-11-10-19(16-21(20)27(29)30)25-14-12-24(4)13-15-25;1-18(2,3)25-17(22)20(12-13-7-5-4-6-8-13)15-10-9-14(19)11-16(15)21(23)24;1-7-4-2-6-3-5-7;;;;;;;;;;;;;;;;;;;/h5-11,16H,12-15,17H2,1-4H3;4-11H,12H2,1-3H3;6H,2-5H2,1H3;2*1H4;17*1H/p-17. The van der Waals surface area contributed by atoms with Crippen molar-refractivity contribution in [2.45, 2.75) is 80.7 Å². The van der Waals surface area contributed by atoms with Gasteiger partial charge in [-0.2, -0.15) is 0 Å². The van der Waals surface area contributed by atoms with E-state index in [0.29, 0.717) is 0 Å². The number of anilines is 3. The van der Waals surface area contributed by atoms with E-state index in [1.807, 2.05) is 66.7 Å². The summed E-state index contributed by atoms with van der Waals surface area (Å²) in [5.41, 5.74) is 0.991. The summed E-state index contributed by atoms with van der Waals surface area (Å²) in [6.07, 6.45) is -1.28. The number of amides is 2. The van der Waals surface area contributed by atoms with E-state index >= 15 is 0 Å². The molecule has 2 fully saturated rings. The monoisotopic (exact) mass is 3080 g/mol. The van der Waals surface area contributed by atoms with E-state index in [1.165, 1.54) is 41.1 Å². The Labute approximate surface area is 783 Å². The molecule has 0 radical (unpaired) electrons. The highest BCUT2D eigenvalue weighted by Gasteiger charge is 2.31. The molecule has 34 heteroatoms. The Hall–Kier alpha value is 6.60. The summed E-state index contributed by atoms with van der Waals surface area (Å²) in [6, 6.07) is 27.8. The average Bonchev–Trinajstić information content (AvgIpc) is 3.22. The van der Waals surface area contributed by atoms with Gasteiger partial charge in [0.1, 0.15) is 22.6 Å². The second-order valence-corrected chi connectivity index (χ2v) is 17.7. The number of hydrogen-bond acceptors (Lipinski definition) is 12. The molecule has 2 heterocycles. The number of nitro groups is 2. The molecule has 492 valence electrons. The molecule has 6 rings (SSSR count). The van der Waals surface area contributed by atoms with Gasteiger partial charge in [-0.25, -0.2) is 9.59 Å². The summed E-state index contributed by atoms with van der Waals surface area (Å²) in [6.45, 7) is 19.0. The van der Waals surface area contributed by atoms with Gasteiger partial charge in [0.15, 0.2) is 0 Å². The number of nitro benzene ring substituents is 2. The van der Waals surface area contributed by atoms with Crippen molar-refractivity contribution >= 4 is 52.2 Å². The van der Waals surface area contributed by atoms with Gasteiger partial charge >= 0.3 is 12.2 Å². The summed E-state index contributed by atoms with van der Waals surface area (Å²) in [5, 5.41) is 26.9. The number of carbonyl (C=O) groups is 2. The SMILES string of the molecule is C.C.CC(C)(C)OC(=O)N(Cc1ccccc1)c1ccc(Cl)cc1[N+](=O)[O-].CN1CCN(c2ccc(N(Cc3ccccc3)C(=O)OC(C)(C)C)c([N+](=O)[O-])c2)CC1.CN1CCNCC1.[I-].[I-].[I-].[I-].[I-].[I-].[I-].[I-].[I-].[I-].[I-].[I-].[I-].[I-].[I-].[I-].[I-]. The molecule has 0 atom stereocenters. The second kappa shape index (κ2) is 67.6. The van der Waals surface area contributed by atoms with Crippen molar-refractivity contribution < 1.29 is 437 Å². The summed E-state index contributed by atoms with van der Waals surface area (Å²) >= 11 is 5.87. The lowest BCUT2D eigenvalue weighted by molar-refractivity contribution is -0.384. The number of likely N-dealkylation sites (N-methyl/N-ethyl adjacent to an activating group) is 2. The van der Waals surface area contributed by atoms with Crippen LogP contribution in [0.5, 0.6) is 0 Å². The molecule has 0 unspecified atom stereocenters. The largest absolute Gasteiger partial charge is 1.00 e. The Kier molecular flexibility index (Phi) is 106. The molecule has 2 aliphatic rings. The molecule has 2 saturated heterocycles. The topological polar surface area (TPSA) is 167 Å². The number of benzene rings is 4. The van der Waals surface area contributed by atoms with Crippen LogP contribution in [0.3, 0.4) is 0 Å². The lowest BCUT2D eigenvalue weighted by Gasteiger charge is -2.34. The molecule has 2 amide bonds. The number of nitrogens with zero attached hydrogens (tertiary/aromatic N) is 7. The van der Waals surface area contributed by atoms with Crippen molar-refractivity contribution in [2.75, 3.05) is 81.2 Å². The number of halogens is 18. The van der Waals surface area contributed by atoms with Crippen molar-refractivity contribution in [3.8, 4) is 0 Å². The maximum absolute atomic E-state index is 13.0. The normalized spacial score (nSPS) is 11.2. The van der Waals surface area contributed by atoms with E-state index in [4.69, 9.17) is 21.1 Å². The fourth-order valence-electron chi connectivity index (χ4n) is 6.46.